The van der Waals surface area contributed by atoms with Gasteiger partial charge in [-0.25, -0.2) is 14.8 Å². The van der Waals surface area contributed by atoms with Gasteiger partial charge in [0.05, 0.1) is 33.0 Å². The van der Waals surface area contributed by atoms with Crippen LogP contribution in [0.15, 0.2) is 84.9 Å². The summed E-state index contributed by atoms with van der Waals surface area (Å²) < 4.78 is 2.92. The number of piperidine rings is 1. The van der Waals surface area contributed by atoms with Gasteiger partial charge in [0.15, 0.2) is 10.8 Å². The lowest BCUT2D eigenvalue weighted by atomic mass is 9.74. The largest absolute Gasteiger partial charge is 0.476 e. The molecule has 2 saturated heterocycles. The van der Waals surface area contributed by atoms with Crippen LogP contribution in [0.4, 0.5) is 16.6 Å². The summed E-state index contributed by atoms with van der Waals surface area (Å²) in [7, 11) is 1.95. The molecule has 11 rings (SSSR count). The van der Waals surface area contributed by atoms with Crippen molar-refractivity contribution in [3.05, 3.63) is 130 Å². The van der Waals surface area contributed by atoms with Crippen LogP contribution in [-0.4, -0.2) is 92.2 Å². The molecule has 14 nitrogen and oxygen atoms in total. The van der Waals surface area contributed by atoms with Gasteiger partial charge in [0.1, 0.15) is 5.82 Å². The molecule has 76 heavy (non-hydrogen) atoms. The van der Waals surface area contributed by atoms with E-state index in [-0.39, 0.29) is 23.4 Å². The van der Waals surface area contributed by atoms with Crippen LogP contribution in [0.1, 0.15) is 145 Å². The lowest BCUT2D eigenvalue weighted by Crippen LogP contribution is -2.52. The number of carbonyl (C=O) groups is 4. The van der Waals surface area contributed by atoms with Gasteiger partial charge < -0.3 is 14.9 Å². The zero-order valence-corrected chi connectivity index (χ0v) is 45.4. The SMILES string of the molecule is Cc1c(-c2c(C(C)(C)C)cc(N3CCc4cccc(C(=O)Nc5nc6ccccc6s5)c4C3)nc2C(=O)O)cccc1C1CCC(CCCN2CCN(c3cccc4c(C5CCC(=O)NC5=O)nn(C)c34)[C@H](C)C2)CC1. The number of imide groups is 1. The van der Waals surface area contributed by atoms with Crippen LogP contribution in [0.25, 0.3) is 32.2 Å². The number of hydrogen-bond donors (Lipinski definition) is 3. The number of anilines is 3. The van der Waals surface area contributed by atoms with Crippen LogP contribution in [-0.2, 0) is 35.0 Å². The zero-order valence-electron chi connectivity index (χ0n) is 44.6. The minimum atomic E-state index is -1.05. The number of aromatic nitrogens is 4. The molecule has 3 aliphatic heterocycles. The molecule has 1 unspecified atom stereocenters. The Bertz CT molecular complexity index is 3370. The molecule has 0 radical (unpaired) electrons. The molecule has 3 amide bonds. The van der Waals surface area contributed by atoms with E-state index in [2.05, 4.69) is 113 Å². The molecular weight excluding hydrogens is 971 g/mol. The van der Waals surface area contributed by atoms with Crippen molar-refractivity contribution >= 4 is 72.8 Å². The number of pyridine rings is 1. The fraction of sp³-hybridized carbons (Fsp3) is 0.426. The summed E-state index contributed by atoms with van der Waals surface area (Å²) in [4.78, 5) is 68.9. The molecule has 3 fully saturated rings. The van der Waals surface area contributed by atoms with Crippen molar-refractivity contribution < 1.29 is 24.3 Å². The molecule has 394 valence electrons. The molecule has 7 aromatic rings. The number of carbonyl (C=O) groups excluding carboxylic acids is 3. The highest BCUT2D eigenvalue weighted by atomic mass is 32.1. The van der Waals surface area contributed by atoms with Crippen molar-refractivity contribution in [1.29, 1.82) is 0 Å². The number of carboxylic acid groups (broad SMARTS) is 1. The number of benzene rings is 4. The molecule has 3 N–H and O–H groups in total. The number of nitrogens with zero attached hydrogens (tertiary/aromatic N) is 7. The summed E-state index contributed by atoms with van der Waals surface area (Å²) in [5.74, 6) is -0.480. The second kappa shape index (κ2) is 20.9. The van der Waals surface area contributed by atoms with E-state index in [1.807, 2.05) is 48.1 Å². The molecular formula is C61H69N9O5S. The number of aromatic carboxylic acids is 1. The predicted molar refractivity (Wildman–Crippen MR) is 302 cm³/mol. The highest BCUT2D eigenvalue weighted by Gasteiger charge is 2.35. The Morgan fingerprint density at radius 2 is 1.68 bits per heavy atom. The maximum atomic E-state index is 13.9. The van der Waals surface area contributed by atoms with E-state index < -0.39 is 17.3 Å². The number of rotatable bonds is 12. The smallest absolute Gasteiger partial charge is 0.355 e. The number of fused-ring (bicyclic) bond motifs is 3. The Hall–Kier alpha value is -6.97. The first kappa shape index (κ1) is 51.2. The van der Waals surface area contributed by atoms with E-state index >= 15 is 0 Å². The monoisotopic (exact) mass is 1040 g/mol. The number of piperazine rings is 1. The zero-order chi connectivity index (χ0) is 53.0. The fourth-order valence-electron chi connectivity index (χ4n) is 12.9. The first-order valence-electron chi connectivity index (χ1n) is 27.3. The fourth-order valence-corrected chi connectivity index (χ4v) is 13.8. The molecule has 0 bridgehead atoms. The van der Waals surface area contributed by atoms with Gasteiger partial charge in [0.25, 0.3) is 5.91 Å². The Labute approximate surface area is 448 Å². The van der Waals surface area contributed by atoms with Gasteiger partial charge in [-0.1, -0.05) is 86.7 Å². The second-order valence-corrected chi connectivity index (χ2v) is 23.8. The van der Waals surface area contributed by atoms with E-state index in [4.69, 9.17) is 10.1 Å². The molecule has 1 saturated carbocycles. The summed E-state index contributed by atoms with van der Waals surface area (Å²) in [6, 6.07) is 28.8. The van der Waals surface area contributed by atoms with Crippen LogP contribution in [0, 0.1) is 12.8 Å². The minimum absolute atomic E-state index is 0.0567. The minimum Gasteiger partial charge on any atom is -0.476 e. The van der Waals surface area contributed by atoms with Gasteiger partial charge in [0.2, 0.25) is 11.8 Å². The number of carboxylic acids is 1. The number of nitrogens with one attached hydrogen (secondary N) is 2. The third-order valence-electron chi connectivity index (χ3n) is 16.9. The molecule has 2 atom stereocenters. The van der Waals surface area contributed by atoms with Crippen molar-refractivity contribution in [3.63, 3.8) is 0 Å². The first-order chi connectivity index (χ1) is 36.6. The molecule has 4 aromatic carbocycles. The predicted octanol–water partition coefficient (Wildman–Crippen LogP) is 11.1. The number of thiazole rings is 1. The third kappa shape index (κ3) is 9.99. The van der Waals surface area contributed by atoms with E-state index in [1.165, 1.54) is 42.6 Å². The molecule has 15 heteroatoms. The molecule has 3 aromatic heterocycles. The quantitative estimate of drug-likeness (QED) is 0.0997. The standard InChI is InChI=1S/C61H69N9O5S/c1-36-34-68(31-32-70(36)49-20-11-18-44-54(66-67(6)56(44)49)45-26-27-52(71)64-58(45)73)29-12-13-38-22-24-40(25-23-38)41-15-10-16-42(37(41)2)53-47(61(3,4)5)33-51(63-55(53)59(74)75)69-30-28-39-14-9-17-43(46(39)35-69)57(72)65-60-62-48-19-7-8-21-50(48)76-60/h7-11,14-21,33,36,38,40,45H,12-13,22-32,34-35H2,1-6H3,(H,74,75)(H,62,65,72)(H,64,71,73)/t36-,38?,40?,45?/m1/s1. The van der Waals surface area contributed by atoms with E-state index in [0.29, 0.717) is 72.3 Å². The lowest BCUT2D eigenvalue weighted by Gasteiger charge is -2.41. The maximum Gasteiger partial charge on any atom is 0.355 e. The highest BCUT2D eigenvalue weighted by molar-refractivity contribution is 7.22. The Morgan fingerprint density at radius 1 is 0.895 bits per heavy atom. The highest BCUT2D eigenvalue weighted by Crippen LogP contribution is 2.45. The Kier molecular flexibility index (Phi) is 14.0. The second-order valence-electron chi connectivity index (χ2n) is 22.8. The van der Waals surface area contributed by atoms with Crippen molar-refractivity contribution in [2.24, 2.45) is 13.0 Å². The number of amides is 3. The van der Waals surface area contributed by atoms with Gasteiger partial charge in [-0.05, 0) is 153 Å². The molecule has 4 aliphatic rings. The Balaban J connectivity index is 0.736. The summed E-state index contributed by atoms with van der Waals surface area (Å²) in [5.41, 5.74) is 11.0. The average Bonchev–Trinajstić information content (AvgIpc) is 3.99. The molecule has 6 heterocycles. The van der Waals surface area contributed by atoms with Crippen LogP contribution < -0.4 is 20.4 Å². The van der Waals surface area contributed by atoms with Gasteiger partial charge in [-0.2, -0.15) is 5.10 Å². The van der Waals surface area contributed by atoms with Gasteiger partial charge in [-0.15, -0.1) is 0 Å². The van der Waals surface area contributed by atoms with Crippen LogP contribution in [0.5, 0.6) is 0 Å². The van der Waals surface area contributed by atoms with Crippen molar-refractivity contribution in [2.45, 2.75) is 122 Å². The van der Waals surface area contributed by atoms with Crippen LogP contribution in [0.3, 0.4) is 0 Å². The van der Waals surface area contributed by atoms with Crippen molar-refractivity contribution in [3.8, 4) is 11.1 Å². The number of para-hydroxylation sites is 2. The van der Waals surface area contributed by atoms with Gasteiger partial charge in [-0.3, -0.25) is 34.6 Å². The van der Waals surface area contributed by atoms with Gasteiger partial charge >= 0.3 is 5.97 Å². The van der Waals surface area contributed by atoms with Gasteiger partial charge in [0, 0.05) is 68.7 Å². The molecule has 1 aliphatic carbocycles. The van der Waals surface area contributed by atoms with E-state index in [1.54, 1.807) is 0 Å². The maximum absolute atomic E-state index is 13.9. The average molecular weight is 1040 g/mol. The normalized spacial score (nSPS) is 20.5. The van der Waals surface area contributed by atoms with E-state index in [9.17, 15) is 24.3 Å². The number of aryl methyl sites for hydroxylation is 1. The van der Waals surface area contributed by atoms with E-state index in [0.717, 1.165) is 99.3 Å². The third-order valence-corrected chi connectivity index (χ3v) is 17.8. The summed E-state index contributed by atoms with van der Waals surface area (Å²) in [5, 5.41) is 22.9. The topological polar surface area (TPSA) is 166 Å². The van der Waals surface area contributed by atoms with Crippen LogP contribution in [0.2, 0.25) is 0 Å². The number of hydrogen-bond acceptors (Lipinski definition) is 11. The summed E-state index contributed by atoms with van der Waals surface area (Å²) >= 11 is 1.45. The molecule has 0 spiro atoms. The Morgan fingerprint density at radius 3 is 2.45 bits per heavy atom. The summed E-state index contributed by atoms with van der Waals surface area (Å²) in [6.45, 7) is 15.9. The first-order valence-corrected chi connectivity index (χ1v) is 28.1. The lowest BCUT2D eigenvalue weighted by molar-refractivity contribution is -0.134. The van der Waals surface area contributed by atoms with Crippen LogP contribution >= 0.6 is 11.3 Å². The van der Waals surface area contributed by atoms with Crippen molar-refractivity contribution in [2.75, 3.05) is 47.8 Å². The summed E-state index contributed by atoms with van der Waals surface area (Å²) in [6.07, 6.45) is 8.48. The van der Waals surface area contributed by atoms with Crippen molar-refractivity contribution in [1.82, 2.24) is 30.0 Å².